The fraction of sp³-hybridized carbons (Fsp3) is 0.533. The summed E-state index contributed by atoms with van der Waals surface area (Å²) >= 11 is 0. The van der Waals surface area contributed by atoms with Crippen LogP contribution in [0.25, 0.3) is 0 Å². The molecule has 1 aliphatic rings. The van der Waals surface area contributed by atoms with Crippen molar-refractivity contribution in [3.05, 3.63) is 35.4 Å². The summed E-state index contributed by atoms with van der Waals surface area (Å²) in [5, 5.41) is 1.40. The fourth-order valence-electron chi connectivity index (χ4n) is 2.54. The highest BCUT2D eigenvalue weighted by Gasteiger charge is 2.43. The SMILES string of the molecule is CC(C(=O)NC1(c2cccc(C(F)(F)F)c2)CCC1)S(C)(=O)=O. The van der Waals surface area contributed by atoms with Crippen LogP contribution in [0.5, 0.6) is 0 Å². The van der Waals surface area contributed by atoms with Crippen molar-refractivity contribution in [3.63, 3.8) is 0 Å². The molecular weight excluding hydrogens is 331 g/mol. The zero-order valence-corrected chi connectivity index (χ0v) is 13.6. The molecule has 0 saturated heterocycles. The number of halogens is 3. The third-order valence-electron chi connectivity index (χ3n) is 4.32. The summed E-state index contributed by atoms with van der Waals surface area (Å²) in [6, 6.07) is 4.81. The van der Waals surface area contributed by atoms with E-state index in [1.165, 1.54) is 19.1 Å². The van der Waals surface area contributed by atoms with Crippen LogP contribution in [0.4, 0.5) is 13.2 Å². The minimum atomic E-state index is -4.47. The van der Waals surface area contributed by atoms with Crippen LogP contribution in [0.3, 0.4) is 0 Å². The van der Waals surface area contributed by atoms with Crippen LogP contribution in [-0.2, 0) is 26.3 Å². The summed E-state index contributed by atoms with van der Waals surface area (Å²) in [4.78, 5) is 12.1. The number of alkyl halides is 3. The van der Waals surface area contributed by atoms with E-state index in [1.807, 2.05) is 0 Å². The van der Waals surface area contributed by atoms with Crippen molar-refractivity contribution < 1.29 is 26.4 Å². The molecule has 1 unspecified atom stereocenters. The molecule has 1 saturated carbocycles. The zero-order valence-electron chi connectivity index (χ0n) is 12.8. The van der Waals surface area contributed by atoms with Crippen molar-refractivity contribution in [3.8, 4) is 0 Å². The lowest BCUT2D eigenvalue weighted by Gasteiger charge is -2.43. The summed E-state index contributed by atoms with van der Waals surface area (Å²) < 4.78 is 61.5. The molecule has 1 N–H and O–H groups in total. The summed E-state index contributed by atoms with van der Waals surface area (Å²) in [7, 11) is -3.56. The second-order valence-electron chi connectivity index (χ2n) is 5.98. The molecule has 8 heteroatoms. The molecule has 1 aliphatic carbocycles. The van der Waals surface area contributed by atoms with Gasteiger partial charge in [0.05, 0.1) is 11.1 Å². The number of hydrogen-bond acceptors (Lipinski definition) is 3. The molecule has 1 aromatic rings. The molecule has 0 spiro atoms. The Balaban J connectivity index is 2.30. The molecule has 0 bridgehead atoms. The highest BCUT2D eigenvalue weighted by atomic mass is 32.2. The van der Waals surface area contributed by atoms with Crippen LogP contribution in [-0.4, -0.2) is 25.8 Å². The van der Waals surface area contributed by atoms with Crippen molar-refractivity contribution in [1.82, 2.24) is 5.32 Å². The van der Waals surface area contributed by atoms with Gasteiger partial charge in [-0.2, -0.15) is 13.2 Å². The first-order chi connectivity index (χ1) is 10.5. The largest absolute Gasteiger partial charge is 0.416 e. The van der Waals surface area contributed by atoms with Gasteiger partial charge in [0.1, 0.15) is 5.25 Å². The van der Waals surface area contributed by atoms with Crippen LogP contribution < -0.4 is 5.32 Å². The van der Waals surface area contributed by atoms with E-state index in [4.69, 9.17) is 0 Å². The normalized spacial score (nSPS) is 18.8. The number of sulfone groups is 1. The second-order valence-corrected chi connectivity index (χ2v) is 8.34. The van der Waals surface area contributed by atoms with Crippen LogP contribution in [0, 0.1) is 0 Å². The molecule has 0 radical (unpaired) electrons. The lowest BCUT2D eigenvalue weighted by molar-refractivity contribution is -0.137. The summed E-state index contributed by atoms with van der Waals surface area (Å²) in [6.45, 7) is 1.27. The number of benzene rings is 1. The van der Waals surface area contributed by atoms with Gasteiger partial charge in [-0.15, -0.1) is 0 Å². The first kappa shape index (κ1) is 17.8. The maximum Gasteiger partial charge on any atom is 0.416 e. The molecule has 0 heterocycles. The summed E-state index contributed by atoms with van der Waals surface area (Å²) in [5.74, 6) is -0.690. The topological polar surface area (TPSA) is 63.2 Å². The second kappa shape index (κ2) is 5.81. The Morgan fingerprint density at radius 3 is 2.35 bits per heavy atom. The van der Waals surface area contributed by atoms with E-state index in [-0.39, 0.29) is 0 Å². The molecule has 0 aromatic heterocycles. The van der Waals surface area contributed by atoms with Crippen LogP contribution in [0.2, 0.25) is 0 Å². The molecule has 0 aliphatic heterocycles. The zero-order chi connectivity index (χ0) is 17.5. The Kier molecular flexibility index (Phi) is 4.49. The third-order valence-corrected chi connectivity index (χ3v) is 5.82. The molecule has 1 aromatic carbocycles. The lowest BCUT2D eigenvalue weighted by atomic mass is 9.71. The molecule has 1 amide bonds. The predicted octanol–water partition coefficient (Wildman–Crippen LogP) is 2.63. The Bertz CT molecular complexity index is 709. The molecule has 1 fully saturated rings. The molecule has 1 atom stereocenters. The average Bonchev–Trinajstić information content (AvgIpc) is 2.40. The number of carbonyl (C=O) groups excluding carboxylic acids is 1. The van der Waals surface area contributed by atoms with Gasteiger partial charge in [-0.05, 0) is 43.9 Å². The van der Waals surface area contributed by atoms with Crippen molar-refractivity contribution >= 4 is 15.7 Å². The molecular formula is C15H18F3NO3S. The predicted molar refractivity (Wildman–Crippen MR) is 79.4 cm³/mol. The van der Waals surface area contributed by atoms with Gasteiger partial charge in [0.25, 0.3) is 0 Å². The number of rotatable bonds is 4. The van der Waals surface area contributed by atoms with E-state index in [0.717, 1.165) is 24.8 Å². The Hall–Kier alpha value is -1.57. The number of hydrogen-bond donors (Lipinski definition) is 1. The highest BCUT2D eigenvalue weighted by molar-refractivity contribution is 7.92. The number of nitrogens with one attached hydrogen (secondary N) is 1. The van der Waals surface area contributed by atoms with Crippen molar-refractivity contribution in [1.29, 1.82) is 0 Å². The van der Waals surface area contributed by atoms with Gasteiger partial charge in [-0.25, -0.2) is 8.42 Å². The average molecular weight is 349 g/mol. The number of amides is 1. The van der Waals surface area contributed by atoms with Crippen molar-refractivity contribution in [2.75, 3.05) is 6.26 Å². The molecule has 128 valence electrons. The summed E-state index contributed by atoms with van der Waals surface area (Å²) in [5.41, 5.74) is -1.35. The van der Waals surface area contributed by atoms with Crippen LogP contribution >= 0.6 is 0 Å². The molecule has 4 nitrogen and oxygen atoms in total. The van der Waals surface area contributed by atoms with Gasteiger partial charge >= 0.3 is 6.18 Å². The maximum atomic E-state index is 12.9. The first-order valence-corrected chi connectivity index (χ1v) is 9.10. The standard InChI is InChI=1S/C15H18F3NO3S/c1-10(23(2,21)22)13(20)19-14(7-4-8-14)11-5-3-6-12(9-11)15(16,17)18/h3,5-6,9-10H,4,7-8H2,1-2H3,(H,19,20). The first-order valence-electron chi connectivity index (χ1n) is 7.14. The monoisotopic (exact) mass is 349 g/mol. The van der Waals surface area contributed by atoms with Gasteiger partial charge in [0.15, 0.2) is 9.84 Å². The van der Waals surface area contributed by atoms with E-state index < -0.39 is 38.3 Å². The van der Waals surface area contributed by atoms with Gasteiger partial charge in [0, 0.05) is 6.26 Å². The Morgan fingerprint density at radius 1 is 1.30 bits per heavy atom. The maximum absolute atomic E-state index is 12.9. The number of carbonyl (C=O) groups is 1. The summed E-state index contributed by atoms with van der Waals surface area (Å²) in [6.07, 6.45) is -1.79. The third kappa shape index (κ3) is 3.68. The van der Waals surface area contributed by atoms with E-state index in [0.29, 0.717) is 18.4 Å². The van der Waals surface area contributed by atoms with E-state index in [1.54, 1.807) is 0 Å². The smallest absolute Gasteiger partial charge is 0.345 e. The van der Waals surface area contributed by atoms with E-state index in [2.05, 4.69) is 5.32 Å². The minimum Gasteiger partial charge on any atom is -0.345 e. The minimum absolute atomic E-state index is 0.354. The van der Waals surface area contributed by atoms with Crippen molar-refractivity contribution in [2.24, 2.45) is 0 Å². The highest BCUT2D eigenvalue weighted by Crippen LogP contribution is 2.43. The Labute approximate surface area is 133 Å². The van der Waals surface area contributed by atoms with Crippen LogP contribution in [0.1, 0.15) is 37.3 Å². The molecule has 2 rings (SSSR count). The van der Waals surface area contributed by atoms with Crippen LogP contribution in [0.15, 0.2) is 24.3 Å². The lowest BCUT2D eigenvalue weighted by Crippen LogP contribution is -2.54. The Morgan fingerprint density at radius 2 is 1.91 bits per heavy atom. The van der Waals surface area contributed by atoms with Gasteiger partial charge in [0.2, 0.25) is 5.91 Å². The van der Waals surface area contributed by atoms with Gasteiger partial charge in [-0.1, -0.05) is 12.1 Å². The van der Waals surface area contributed by atoms with E-state index in [9.17, 15) is 26.4 Å². The van der Waals surface area contributed by atoms with E-state index >= 15 is 0 Å². The van der Waals surface area contributed by atoms with Crippen molar-refractivity contribution in [2.45, 2.75) is 43.2 Å². The van der Waals surface area contributed by atoms with Gasteiger partial charge in [-0.3, -0.25) is 4.79 Å². The molecule has 23 heavy (non-hydrogen) atoms. The fourth-order valence-corrected chi connectivity index (χ4v) is 2.99. The quantitative estimate of drug-likeness (QED) is 0.909. The van der Waals surface area contributed by atoms with Gasteiger partial charge < -0.3 is 5.32 Å².